The van der Waals surface area contributed by atoms with E-state index in [1.165, 1.54) is 21.7 Å². The monoisotopic (exact) mass is 226 g/mol. The molecular formula is C12H22N2S. The number of hydrogen-bond donors (Lipinski definition) is 1. The molecule has 0 fully saturated rings. The Morgan fingerprint density at radius 1 is 1.33 bits per heavy atom. The third kappa shape index (κ3) is 4.78. The molecule has 2 nitrogen and oxygen atoms in total. The molecule has 0 spiro atoms. The summed E-state index contributed by atoms with van der Waals surface area (Å²) in [6.45, 7) is 7.66. The van der Waals surface area contributed by atoms with Crippen LogP contribution >= 0.6 is 11.3 Å². The summed E-state index contributed by atoms with van der Waals surface area (Å²) in [4.78, 5) is 5.12. The molecule has 1 aromatic rings. The largest absolute Gasteiger partial charge is 0.312 e. The van der Waals surface area contributed by atoms with Crippen molar-refractivity contribution in [1.82, 2.24) is 10.2 Å². The predicted molar refractivity (Wildman–Crippen MR) is 68.7 cm³/mol. The fourth-order valence-electron chi connectivity index (χ4n) is 1.47. The molecule has 0 saturated heterocycles. The molecule has 86 valence electrons. The molecule has 0 bridgehead atoms. The molecule has 0 aliphatic heterocycles. The highest BCUT2D eigenvalue weighted by Gasteiger charge is 2.00. The van der Waals surface area contributed by atoms with Crippen molar-refractivity contribution in [2.75, 3.05) is 27.2 Å². The Kier molecular flexibility index (Phi) is 5.29. The molecule has 1 aromatic heterocycles. The summed E-state index contributed by atoms with van der Waals surface area (Å²) in [6, 6.07) is 2.29. The van der Waals surface area contributed by atoms with Gasteiger partial charge in [-0.25, -0.2) is 0 Å². The lowest BCUT2D eigenvalue weighted by Crippen LogP contribution is -2.20. The molecule has 0 aliphatic rings. The number of hydrogen-bond acceptors (Lipinski definition) is 3. The quantitative estimate of drug-likeness (QED) is 0.749. The summed E-state index contributed by atoms with van der Waals surface area (Å²) in [7, 11) is 4.23. The van der Waals surface area contributed by atoms with Crippen LogP contribution in [0.1, 0.15) is 21.7 Å². The maximum atomic E-state index is 3.48. The smallest absolute Gasteiger partial charge is 0.0299 e. The van der Waals surface area contributed by atoms with E-state index >= 15 is 0 Å². The van der Waals surface area contributed by atoms with Crippen LogP contribution in [0.4, 0.5) is 0 Å². The standard InChI is InChI=1S/C12H22N2S/c1-10-8-12(15-11(10)2)9-13-6-5-7-14(3)4/h8,13H,5-7,9H2,1-4H3. The van der Waals surface area contributed by atoms with Crippen LogP contribution in [0.25, 0.3) is 0 Å². The van der Waals surface area contributed by atoms with E-state index in [1.807, 2.05) is 11.3 Å². The third-order valence-corrected chi connectivity index (χ3v) is 3.63. The van der Waals surface area contributed by atoms with E-state index in [2.05, 4.69) is 44.2 Å². The van der Waals surface area contributed by atoms with Gasteiger partial charge in [-0.1, -0.05) is 0 Å². The minimum absolute atomic E-state index is 1.02. The number of aryl methyl sites for hydroxylation is 2. The first-order chi connectivity index (χ1) is 7.09. The van der Waals surface area contributed by atoms with Gasteiger partial charge < -0.3 is 10.2 Å². The van der Waals surface area contributed by atoms with Crippen molar-refractivity contribution in [1.29, 1.82) is 0 Å². The molecule has 0 atom stereocenters. The van der Waals surface area contributed by atoms with E-state index in [-0.39, 0.29) is 0 Å². The lowest BCUT2D eigenvalue weighted by molar-refractivity contribution is 0.394. The highest BCUT2D eigenvalue weighted by atomic mass is 32.1. The molecule has 15 heavy (non-hydrogen) atoms. The molecule has 1 heterocycles. The fraction of sp³-hybridized carbons (Fsp3) is 0.667. The highest BCUT2D eigenvalue weighted by molar-refractivity contribution is 7.12. The zero-order valence-corrected chi connectivity index (χ0v) is 11.1. The lowest BCUT2D eigenvalue weighted by Gasteiger charge is -2.09. The van der Waals surface area contributed by atoms with Crippen LogP contribution in [0.15, 0.2) is 6.07 Å². The number of nitrogens with one attached hydrogen (secondary N) is 1. The Morgan fingerprint density at radius 3 is 2.60 bits per heavy atom. The van der Waals surface area contributed by atoms with Crippen molar-refractivity contribution in [3.05, 3.63) is 21.4 Å². The molecule has 0 aliphatic carbocycles. The van der Waals surface area contributed by atoms with Crippen LogP contribution in [0.3, 0.4) is 0 Å². The fourth-order valence-corrected chi connectivity index (χ4v) is 2.49. The SMILES string of the molecule is Cc1cc(CNCCCN(C)C)sc1C. The molecule has 1 rings (SSSR count). The first kappa shape index (κ1) is 12.7. The average molecular weight is 226 g/mol. The van der Waals surface area contributed by atoms with Crippen molar-refractivity contribution in [2.45, 2.75) is 26.8 Å². The second kappa shape index (κ2) is 6.26. The summed E-state index contributed by atoms with van der Waals surface area (Å²) >= 11 is 1.91. The maximum absolute atomic E-state index is 3.48. The van der Waals surface area contributed by atoms with E-state index in [4.69, 9.17) is 0 Å². The molecule has 1 N–H and O–H groups in total. The molecule has 0 radical (unpaired) electrons. The summed E-state index contributed by atoms with van der Waals surface area (Å²) < 4.78 is 0. The van der Waals surface area contributed by atoms with Crippen LogP contribution in [0.5, 0.6) is 0 Å². The van der Waals surface area contributed by atoms with Gasteiger partial charge in [-0.05, 0) is 59.1 Å². The van der Waals surface area contributed by atoms with Crippen LogP contribution in [0, 0.1) is 13.8 Å². The van der Waals surface area contributed by atoms with Gasteiger partial charge in [0.25, 0.3) is 0 Å². The zero-order valence-electron chi connectivity index (χ0n) is 10.3. The second-order valence-electron chi connectivity index (χ2n) is 4.29. The topological polar surface area (TPSA) is 15.3 Å². The van der Waals surface area contributed by atoms with Crippen molar-refractivity contribution >= 4 is 11.3 Å². The van der Waals surface area contributed by atoms with Gasteiger partial charge in [0.1, 0.15) is 0 Å². The minimum Gasteiger partial charge on any atom is -0.312 e. The number of rotatable bonds is 6. The Hall–Kier alpha value is -0.380. The van der Waals surface area contributed by atoms with Gasteiger partial charge in [0.05, 0.1) is 0 Å². The predicted octanol–water partition coefficient (Wildman–Crippen LogP) is 2.41. The van der Waals surface area contributed by atoms with Crippen LogP contribution in [0.2, 0.25) is 0 Å². The van der Waals surface area contributed by atoms with Gasteiger partial charge in [-0.15, -0.1) is 11.3 Å². The highest BCUT2D eigenvalue weighted by Crippen LogP contribution is 2.20. The van der Waals surface area contributed by atoms with E-state index in [1.54, 1.807) is 0 Å². The summed E-state index contributed by atoms with van der Waals surface area (Å²) in [5, 5.41) is 3.48. The van der Waals surface area contributed by atoms with Gasteiger partial charge in [0.15, 0.2) is 0 Å². The van der Waals surface area contributed by atoms with E-state index in [9.17, 15) is 0 Å². The van der Waals surface area contributed by atoms with Crippen molar-refractivity contribution in [3.63, 3.8) is 0 Å². The maximum Gasteiger partial charge on any atom is 0.0299 e. The van der Waals surface area contributed by atoms with Crippen LogP contribution < -0.4 is 5.32 Å². The Labute approximate surface area is 97.3 Å². The van der Waals surface area contributed by atoms with Crippen LogP contribution in [-0.4, -0.2) is 32.1 Å². The van der Waals surface area contributed by atoms with Gasteiger partial charge >= 0.3 is 0 Å². The van der Waals surface area contributed by atoms with Crippen molar-refractivity contribution in [2.24, 2.45) is 0 Å². The lowest BCUT2D eigenvalue weighted by atomic mass is 10.3. The summed E-state index contributed by atoms with van der Waals surface area (Å²) in [6.07, 6.45) is 1.22. The van der Waals surface area contributed by atoms with Crippen molar-refractivity contribution < 1.29 is 0 Å². The Balaban J connectivity index is 2.15. The molecule has 3 heteroatoms. The molecule has 0 amide bonds. The van der Waals surface area contributed by atoms with Crippen molar-refractivity contribution in [3.8, 4) is 0 Å². The molecule has 0 aromatic carbocycles. The van der Waals surface area contributed by atoms with Gasteiger partial charge in [0.2, 0.25) is 0 Å². The summed E-state index contributed by atoms with van der Waals surface area (Å²) in [5.74, 6) is 0. The van der Waals surface area contributed by atoms with E-state index in [0.29, 0.717) is 0 Å². The second-order valence-corrected chi connectivity index (χ2v) is 5.63. The number of thiophene rings is 1. The van der Waals surface area contributed by atoms with Gasteiger partial charge in [0, 0.05) is 16.3 Å². The molecular weight excluding hydrogens is 204 g/mol. The Bertz CT molecular complexity index is 272. The Morgan fingerprint density at radius 2 is 2.07 bits per heavy atom. The normalized spacial score (nSPS) is 11.3. The first-order valence-corrected chi connectivity index (χ1v) is 6.32. The third-order valence-electron chi connectivity index (χ3n) is 2.48. The number of nitrogens with zero attached hydrogens (tertiary/aromatic N) is 1. The van der Waals surface area contributed by atoms with E-state index < -0.39 is 0 Å². The first-order valence-electron chi connectivity index (χ1n) is 5.51. The van der Waals surface area contributed by atoms with Gasteiger partial charge in [-0.2, -0.15) is 0 Å². The minimum atomic E-state index is 1.02. The van der Waals surface area contributed by atoms with E-state index in [0.717, 1.165) is 19.6 Å². The average Bonchev–Trinajstić information content (AvgIpc) is 2.45. The zero-order chi connectivity index (χ0) is 11.3. The van der Waals surface area contributed by atoms with Crippen LogP contribution in [-0.2, 0) is 6.54 Å². The summed E-state index contributed by atoms with van der Waals surface area (Å²) in [5.41, 5.74) is 1.42. The molecule has 0 unspecified atom stereocenters. The van der Waals surface area contributed by atoms with Gasteiger partial charge in [-0.3, -0.25) is 0 Å². The molecule has 0 saturated carbocycles.